The zero-order chi connectivity index (χ0) is 12.0. The first-order valence-electron chi connectivity index (χ1n) is 6.55. The summed E-state index contributed by atoms with van der Waals surface area (Å²) < 4.78 is 0. The molecule has 0 aromatic carbocycles. The number of hydrogen-bond donors (Lipinski definition) is 3. The molecule has 16 heavy (non-hydrogen) atoms. The van der Waals surface area contributed by atoms with Crippen molar-refractivity contribution in [2.45, 2.75) is 52.0 Å². The fraction of sp³-hybridized carbons (Fsp3) is 1.00. The summed E-state index contributed by atoms with van der Waals surface area (Å²) in [6.07, 6.45) is 6.40. The van der Waals surface area contributed by atoms with Crippen LogP contribution in [-0.2, 0) is 0 Å². The highest BCUT2D eigenvalue weighted by Gasteiger charge is 2.24. The van der Waals surface area contributed by atoms with Crippen molar-refractivity contribution < 1.29 is 10.2 Å². The maximum absolute atomic E-state index is 9.21. The third-order valence-corrected chi connectivity index (χ3v) is 3.84. The van der Waals surface area contributed by atoms with Gasteiger partial charge in [0.2, 0.25) is 0 Å². The molecule has 2 unspecified atom stereocenters. The molecule has 1 saturated carbocycles. The van der Waals surface area contributed by atoms with E-state index in [2.05, 4.69) is 12.2 Å². The summed E-state index contributed by atoms with van der Waals surface area (Å²) in [7, 11) is 0. The lowest BCUT2D eigenvalue weighted by Gasteiger charge is -2.28. The first-order valence-corrected chi connectivity index (χ1v) is 6.55. The number of aliphatic hydroxyl groups is 2. The summed E-state index contributed by atoms with van der Waals surface area (Å²) in [6.45, 7) is 5.03. The van der Waals surface area contributed by atoms with E-state index in [0.717, 1.165) is 5.92 Å². The van der Waals surface area contributed by atoms with E-state index in [0.29, 0.717) is 12.6 Å². The van der Waals surface area contributed by atoms with Crippen LogP contribution in [0.5, 0.6) is 0 Å². The molecule has 1 rings (SSSR count). The lowest BCUT2D eigenvalue weighted by molar-refractivity contribution is 0.0667. The van der Waals surface area contributed by atoms with Crippen LogP contribution < -0.4 is 5.32 Å². The van der Waals surface area contributed by atoms with Crippen molar-refractivity contribution in [3.8, 4) is 0 Å². The van der Waals surface area contributed by atoms with E-state index in [1.54, 1.807) is 0 Å². The minimum atomic E-state index is -0.377. The topological polar surface area (TPSA) is 52.5 Å². The van der Waals surface area contributed by atoms with Crippen LogP contribution in [0.1, 0.15) is 46.0 Å². The second kappa shape index (κ2) is 6.58. The minimum absolute atomic E-state index is 0.0413. The van der Waals surface area contributed by atoms with E-state index in [4.69, 9.17) is 0 Å². The highest BCUT2D eigenvalue weighted by atomic mass is 16.3. The van der Waals surface area contributed by atoms with Crippen LogP contribution in [0.3, 0.4) is 0 Å². The van der Waals surface area contributed by atoms with Gasteiger partial charge in [0, 0.05) is 18.0 Å². The van der Waals surface area contributed by atoms with Crippen molar-refractivity contribution in [2.75, 3.05) is 19.8 Å². The van der Waals surface area contributed by atoms with Crippen LogP contribution in [0, 0.1) is 11.3 Å². The van der Waals surface area contributed by atoms with Crippen molar-refractivity contribution in [1.82, 2.24) is 5.32 Å². The maximum atomic E-state index is 9.21. The van der Waals surface area contributed by atoms with Gasteiger partial charge in [-0.2, -0.15) is 0 Å². The summed E-state index contributed by atoms with van der Waals surface area (Å²) >= 11 is 0. The summed E-state index contributed by atoms with van der Waals surface area (Å²) in [6, 6.07) is 0.572. The third-order valence-electron chi connectivity index (χ3n) is 3.84. The molecule has 0 saturated heterocycles. The molecule has 0 spiro atoms. The standard InChI is InChI=1S/C13H27NO2/c1-11-4-3-5-12(7-6-11)14-8-13(2,9-15)10-16/h11-12,14-16H,3-10H2,1-2H3. The molecule has 3 nitrogen and oxygen atoms in total. The Labute approximate surface area is 99.3 Å². The Balaban J connectivity index is 2.31. The Morgan fingerprint density at radius 2 is 1.81 bits per heavy atom. The van der Waals surface area contributed by atoms with Gasteiger partial charge >= 0.3 is 0 Å². The molecule has 3 heteroatoms. The lowest BCUT2D eigenvalue weighted by atomic mass is 9.92. The van der Waals surface area contributed by atoms with Crippen molar-refractivity contribution >= 4 is 0 Å². The van der Waals surface area contributed by atoms with Gasteiger partial charge in [-0.15, -0.1) is 0 Å². The number of hydrogen-bond acceptors (Lipinski definition) is 3. The predicted molar refractivity (Wildman–Crippen MR) is 66.3 cm³/mol. The van der Waals surface area contributed by atoms with E-state index < -0.39 is 0 Å². The number of aliphatic hydroxyl groups excluding tert-OH is 2. The second-order valence-corrected chi connectivity index (χ2v) is 5.82. The largest absolute Gasteiger partial charge is 0.396 e. The quantitative estimate of drug-likeness (QED) is 0.627. The Hall–Kier alpha value is -0.120. The van der Waals surface area contributed by atoms with Gasteiger partial charge in [-0.1, -0.05) is 26.7 Å². The third kappa shape index (κ3) is 4.40. The molecule has 1 aliphatic rings. The van der Waals surface area contributed by atoms with E-state index in [9.17, 15) is 10.2 Å². The number of rotatable bonds is 5. The molecule has 0 bridgehead atoms. The highest BCUT2D eigenvalue weighted by molar-refractivity contribution is 4.80. The number of nitrogens with one attached hydrogen (secondary N) is 1. The molecule has 0 heterocycles. The summed E-state index contributed by atoms with van der Waals surface area (Å²) in [4.78, 5) is 0. The SMILES string of the molecule is CC1CCCC(NCC(C)(CO)CO)CC1. The van der Waals surface area contributed by atoms with E-state index in [1.165, 1.54) is 32.1 Å². The Kier molecular flexibility index (Phi) is 5.73. The normalized spacial score (nSPS) is 27.8. The molecule has 0 aliphatic heterocycles. The van der Waals surface area contributed by atoms with Gasteiger partial charge < -0.3 is 15.5 Å². The predicted octanol–water partition coefficient (Wildman–Crippen LogP) is 1.54. The first kappa shape index (κ1) is 13.9. The highest BCUT2D eigenvalue weighted by Crippen LogP contribution is 2.23. The van der Waals surface area contributed by atoms with Crippen molar-refractivity contribution in [2.24, 2.45) is 11.3 Å². The Morgan fingerprint density at radius 1 is 1.12 bits per heavy atom. The molecular formula is C13H27NO2. The molecule has 96 valence electrons. The first-order chi connectivity index (χ1) is 7.59. The van der Waals surface area contributed by atoms with Crippen molar-refractivity contribution in [3.05, 3.63) is 0 Å². The van der Waals surface area contributed by atoms with Gasteiger partial charge in [0.15, 0.2) is 0 Å². The van der Waals surface area contributed by atoms with Gasteiger partial charge in [0.25, 0.3) is 0 Å². The maximum Gasteiger partial charge on any atom is 0.0518 e. The molecule has 1 aliphatic carbocycles. The zero-order valence-corrected chi connectivity index (χ0v) is 10.7. The molecule has 1 fully saturated rings. The van der Waals surface area contributed by atoms with Gasteiger partial charge in [-0.05, 0) is 25.2 Å². The fourth-order valence-electron chi connectivity index (χ4n) is 2.24. The van der Waals surface area contributed by atoms with Crippen LogP contribution >= 0.6 is 0 Å². The smallest absolute Gasteiger partial charge is 0.0518 e. The fourth-order valence-corrected chi connectivity index (χ4v) is 2.24. The van der Waals surface area contributed by atoms with Gasteiger partial charge in [0.05, 0.1) is 13.2 Å². The van der Waals surface area contributed by atoms with Gasteiger partial charge in [0.1, 0.15) is 0 Å². The van der Waals surface area contributed by atoms with Gasteiger partial charge in [-0.25, -0.2) is 0 Å². The monoisotopic (exact) mass is 229 g/mol. The summed E-state index contributed by atoms with van der Waals surface area (Å²) in [5.74, 6) is 0.855. The molecule has 3 N–H and O–H groups in total. The van der Waals surface area contributed by atoms with Gasteiger partial charge in [-0.3, -0.25) is 0 Å². The average Bonchev–Trinajstić information content (AvgIpc) is 2.51. The Bertz CT molecular complexity index is 192. The second-order valence-electron chi connectivity index (χ2n) is 5.82. The summed E-state index contributed by atoms with van der Waals surface area (Å²) in [5.41, 5.74) is -0.377. The molecule has 0 aromatic rings. The summed E-state index contributed by atoms with van der Waals surface area (Å²) in [5, 5.41) is 21.9. The lowest BCUT2D eigenvalue weighted by Crippen LogP contribution is -2.42. The molecule has 0 amide bonds. The minimum Gasteiger partial charge on any atom is -0.396 e. The molecular weight excluding hydrogens is 202 g/mol. The van der Waals surface area contributed by atoms with E-state index in [-0.39, 0.29) is 18.6 Å². The molecule has 0 radical (unpaired) electrons. The van der Waals surface area contributed by atoms with Crippen LogP contribution in [0.2, 0.25) is 0 Å². The van der Waals surface area contributed by atoms with Crippen LogP contribution in [-0.4, -0.2) is 36.0 Å². The zero-order valence-electron chi connectivity index (χ0n) is 10.7. The molecule has 2 atom stereocenters. The average molecular weight is 229 g/mol. The van der Waals surface area contributed by atoms with Crippen LogP contribution in [0.4, 0.5) is 0 Å². The van der Waals surface area contributed by atoms with Crippen molar-refractivity contribution in [1.29, 1.82) is 0 Å². The van der Waals surface area contributed by atoms with Crippen LogP contribution in [0.25, 0.3) is 0 Å². The van der Waals surface area contributed by atoms with Crippen molar-refractivity contribution in [3.63, 3.8) is 0 Å². The van der Waals surface area contributed by atoms with Crippen LogP contribution in [0.15, 0.2) is 0 Å². The Morgan fingerprint density at radius 3 is 2.44 bits per heavy atom. The molecule has 0 aromatic heterocycles. The van der Waals surface area contributed by atoms with E-state index >= 15 is 0 Å². The van der Waals surface area contributed by atoms with E-state index in [1.807, 2.05) is 6.92 Å².